The second-order valence-electron chi connectivity index (χ2n) is 8.41. The molecule has 0 radical (unpaired) electrons. The molecule has 4 rings (SSSR count). The van der Waals surface area contributed by atoms with E-state index in [9.17, 15) is 10.0 Å². The summed E-state index contributed by atoms with van der Waals surface area (Å²) in [5.74, 6) is 0.105. The fraction of sp³-hybridized carbons (Fsp3) is 0.214. The van der Waals surface area contributed by atoms with E-state index in [1.54, 1.807) is 47.9 Å². The van der Waals surface area contributed by atoms with Crippen molar-refractivity contribution in [3.8, 4) is 5.75 Å². The third kappa shape index (κ3) is 6.14. The van der Waals surface area contributed by atoms with E-state index in [0.717, 1.165) is 5.56 Å². The molecule has 2 atom stereocenters. The van der Waals surface area contributed by atoms with Crippen molar-refractivity contribution in [3.63, 3.8) is 0 Å². The Morgan fingerprint density at radius 2 is 1.86 bits per heavy atom. The van der Waals surface area contributed by atoms with Crippen LogP contribution in [0.4, 0.5) is 0 Å². The van der Waals surface area contributed by atoms with Crippen molar-refractivity contribution in [1.82, 2.24) is 5.48 Å². The number of amides is 1. The number of aliphatic imine (C=N–C) groups is 1. The molecule has 1 heterocycles. The first-order chi connectivity index (χ1) is 18.0. The number of aliphatic hydroxyl groups is 1. The molecular formula is C28H26Cl2N2O5. The summed E-state index contributed by atoms with van der Waals surface area (Å²) in [7, 11) is 0. The van der Waals surface area contributed by atoms with E-state index in [0.29, 0.717) is 39.9 Å². The summed E-state index contributed by atoms with van der Waals surface area (Å²) in [6.45, 7) is 0.434. The number of ether oxygens (including phenoxy) is 2. The number of benzene rings is 3. The molecule has 9 heteroatoms. The van der Waals surface area contributed by atoms with Crippen LogP contribution in [0.5, 0.6) is 5.75 Å². The Hall–Kier alpha value is -3.36. The van der Waals surface area contributed by atoms with Crippen molar-refractivity contribution in [3.05, 3.63) is 106 Å². The quantitative estimate of drug-likeness (QED) is 0.176. The highest BCUT2D eigenvalue weighted by molar-refractivity contribution is 6.35. The molecule has 0 unspecified atom stereocenters. The maximum Gasteiger partial charge on any atom is 0.275 e. The van der Waals surface area contributed by atoms with Gasteiger partial charge < -0.3 is 14.6 Å². The van der Waals surface area contributed by atoms with E-state index in [-0.39, 0.29) is 18.9 Å². The number of hydrogen-bond donors (Lipinski definition) is 3. The molecule has 0 aliphatic carbocycles. The average Bonchev–Trinajstić information content (AvgIpc) is 3.29. The largest absolute Gasteiger partial charge is 0.494 e. The van der Waals surface area contributed by atoms with E-state index in [1.807, 2.05) is 42.5 Å². The van der Waals surface area contributed by atoms with Crippen LogP contribution in [-0.4, -0.2) is 40.9 Å². The van der Waals surface area contributed by atoms with Gasteiger partial charge in [0.25, 0.3) is 5.91 Å². The number of hydrogen-bond acceptors (Lipinski definition) is 6. The van der Waals surface area contributed by atoms with E-state index in [1.165, 1.54) is 0 Å². The first kappa shape index (κ1) is 26.7. The summed E-state index contributed by atoms with van der Waals surface area (Å²) >= 11 is 12.6. The first-order valence-electron chi connectivity index (χ1n) is 11.7. The van der Waals surface area contributed by atoms with Gasteiger partial charge in [-0.2, -0.15) is 0 Å². The maximum atomic E-state index is 13.2. The topological polar surface area (TPSA) is 100 Å². The average molecular weight is 541 g/mol. The van der Waals surface area contributed by atoms with Gasteiger partial charge in [0.05, 0.1) is 6.61 Å². The number of aliphatic hydroxyl groups excluding tert-OH is 1. The van der Waals surface area contributed by atoms with Gasteiger partial charge >= 0.3 is 0 Å². The Morgan fingerprint density at radius 3 is 2.54 bits per heavy atom. The molecule has 0 aromatic heterocycles. The number of hydroxylamine groups is 1. The van der Waals surface area contributed by atoms with Crippen molar-refractivity contribution in [2.24, 2.45) is 4.99 Å². The minimum absolute atomic E-state index is 0.0467. The predicted octanol–water partition coefficient (Wildman–Crippen LogP) is 5.62. The Labute approximate surface area is 224 Å². The summed E-state index contributed by atoms with van der Waals surface area (Å²) in [5.41, 5.74) is 2.28. The lowest BCUT2D eigenvalue weighted by atomic mass is 9.84. The zero-order valence-corrected chi connectivity index (χ0v) is 21.3. The van der Waals surface area contributed by atoms with Gasteiger partial charge in [0.2, 0.25) is 5.90 Å². The fourth-order valence-electron chi connectivity index (χ4n) is 4.04. The normalized spacial score (nSPS) is 18.9. The highest BCUT2D eigenvalue weighted by Gasteiger charge is 2.53. The minimum atomic E-state index is -1.55. The Kier molecular flexibility index (Phi) is 8.84. The lowest BCUT2D eigenvalue weighted by molar-refractivity contribution is -0.137. The van der Waals surface area contributed by atoms with Crippen molar-refractivity contribution in [2.75, 3.05) is 13.2 Å². The van der Waals surface area contributed by atoms with Crippen LogP contribution in [0.2, 0.25) is 10.0 Å². The van der Waals surface area contributed by atoms with Crippen LogP contribution in [0.3, 0.4) is 0 Å². The van der Waals surface area contributed by atoms with E-state index in [2.05, 4.69) is 0 Å². The van der Waals surface area contributed by atoms with E-state index >= 15 is 0 Å². The van der Waals surface area contributed by atoms with Crippen molar-refractivity contribution in [1.29, 1.82) is 0 Å². The lowest BCUT2D eigenvalue weighted by Gasteiger charge is -2.29. The molecule has 3 aromatic rings. The van der Waals surface area contributed by atoms with Crippen LogP contribution in [0.15, 0.2) is 83.9 Å². The predicted molar refractivity (Wildman–Crippen MR) is 143 cm³/mol. The third-order valence-electron chi connectivity index (χ3n) is 5.92. The molecule has 1 amide bonds. The SMILES string of the molecule is O=C(NO)[C@@]1(C/C=C/c2ccccc2)N=C(c2ccc(OCCCO)cc2)O[C@H]1c1ccc(Cl)cc1Cl. The van der Waals surface area contributed by atoms with E-state index < -0.39 is 17.6 Å². The molecule has 7 nitrogen and oxygen atoms in total. The summed E-state index contributed by atoms with van der Waals surface area (Å²) in [6, 6.07) is 21.6. The van der Waals surface area contributed by atoms with E-state index in [4.69, 9.17) is 42.8 Å². The van der Waals surface area contributed by atoms with Crippen LogP contribution in [0, 0.1) is 0 Å². The molecule has 1 aliphatic heterocycles. The molecule has 0 spiro atoms. The van der Waals surface area contributed by atoms with Crippen LogP contribution in [-0.2, 0) is 9.53 Å². The molecule has 0 fully saturated rings. The molecule has 0 saturated heterocycles. The van der Waals surface area contributed by atoms with Crippen LogP contribution < -0.4 is 10.2 Å². The maximum absolute atomic E-state index is 13.2. The standard InChI is InChI=1S/C28H26Cl2N2O5/c29-21-11-14-23(24(30)18-21)25-28(27(34)32-35,15-4-8-19-6-2-1-3-7-19)31-26(37-25)20-9-12-22(13-10-20)36-17-5-16-33/h1-4,6-14,18,25,33,35H,5,15-17H2,(H,32,34)/b8-4+/t25-,28-/m0/s1. The Balaban J connectivity index is 1.73. The smallest absolute Gasteiger partial charge is 0.275 e. The molecule has 3 aromatic carbocycles. The molecular weight excluding hydrogens is 515 g/mol. The second-order valence-corrected chi connectivity index (χ2v) is 9.26. The number of carbonyl (C=O) groups excluding carboxylic acids is 1. The number of halogens is 2. The lowest BCUT2D eigenvalue weighted by Crippen LogP contribution is -2.47. The van der Waals surface area contributed by atoms with Gasteiger partial charge in [-0.05, 0) is 42.0 Å². The Bertz CT molecular complexity index is 1280. The van der Waals surface area contributed by atoms with Gasteiger partial charge in [0, 0.05) is 40.6 Å². The van der Waals surface area contributed by atoms with Gasteiger partial charge in [0.1, 0.15) is 5.75 Å². The monoisotopic (exact) mass is 540 g/mol. The van der Waals surface area contributed by atoms with Gasteiger partial charge in [-0.1, -0.05) is 71.8 Å². The third-order valence-corrected chi connectivity index (χ3v) is 6.48. The molecule has 3 N–H and O–H groups in total. The molecule has 1 aliphatic rings. The summed E-state index contributed by atoms with van der Waals surface area (Å²) in [4.78, 5) is 18.0. The summed E-state index contributed by atoms with van der Waals surface area (Å²) in [6.07, 6.45) is 3.38. The number of nitrogens with one attached hydrogen (secondary N) is 1. The highest BCUT2D eigenvalue weighted by Crippen LogP contribution is 2.45. The summed E-state index contributed by atoms with van der Waals surface area (Å²) in [5, 5.41) is 19.4. The zero-order valence-electron chi connectivity index (χ0n) is 19.8. The zero-order chi connectivity index (χ0) is 26.3. The van der Waals surface area contributed by atoms with Crippen molar-refractivity contribution in [2.45, 2.75) is 24.5 Å². The first-order valence-corrected chi connectivity index (χ1v) is 12.4. The molecule has 37 heavy (non-hydrogen) atoms. The van der Waals surface area contributed by atoms with Crippen molar-refractivity contribution >= 4 is 41.1 Å². The second kappa shape index (κ2) is 12.3. The number of carbonyl (C=O) groups is 1. The van der Waals surface area contributed by atoms with Gasteiger partial charge in [0.15, 0.2) is 11.6 Å². The molecule has 0 saturated carbocycles. The van der Waals surface area contributed by atoms with Gasteiger partial charge in [-0.25, -0.2) is 10.5 Å². The van der Waals surface area contributed by atoms with Crippen LogP contribution in [0.25, 0.3) is 6.08 Å². The minimum Gasteiger partial charge on any atom is -0.494 e. The van der Waals surface area contributed by atoms with Crippen LogP contribution >= 0.6 is 23.2 Å². The number of nitrogens with zero attached hydrogens (tertiary/aromatic N) is 1. The molecule has 192 valence electrons. The number of rotatable bonds is 10. The highest BCUT2D eigenvalue weighted by atomic mass is 35.5. The Morgan fingerprint density at radius 1 is 1.11 bits per heavy atom. The van der Waals surface area contributed by atoms with Crippen molar-refractivity contribution < 1.29 is 24.6 Å². The van der Waals surface area contributed by atoms with Gasteiger partial charge in [-0.3, -0.25) is 10.0 Å². The fourth-order valence-corrected chi connectivity index (χ4v) is 4.55. The summed E-state index contributed by atoms with van der Waals surface area (Å²) < 4.78 is 11.9. The van der Waals surface area contributed by atoms with Crippen LogP contribution in [0.1, 0.15) is 35.6 Å². The molecule has 0 bridgehead atoms. The van der Waals surface area contributed by atoms with Gasteiger partial charge in [-0.15, -0.1) is 0 Å².